The van der Waals surface area contributed by atoms with E-state index < -0.39 is 0 Å². The Balaban J connectivity index is 1.77. The summed E-state index contributed by atoms with van der Waals surface area (Å²) >= 11 is 0. The van der Waals surface area contributed by atoms with Gasteiger partial charge in [0.1, 0.15) is 0 Å². The molecule has 2 heterocycles. The van der Waals surface area contributed by atoms with E-state index in [2.05, 4.69) is 19.9 Å². The van der Waals surface area contributed by atoms with E-state index in [4.69, 9.17) is 9.63 Å². The molecular formula is C11H20N4O2. The van der Waals surface area contributed by atoms with E-state index in [0.717, 1.165) is 51.5 Å². The van der Waals surface area contributed by atoms with E-state index in [-0.39, 0.29) is 6.61 Å². The normalized spacial score (nSPS) is 18.7. The minimum Gasteiger partial charge on any atom is -0.395 e. The molecule has 0 unspecified atom stereocenters. The fourth-order valence-corrected chi connectivity index (χ4v) is 2.01. The van der Waals surface area contributed by atoms with Crippen LogP contribution < -0.4 is 0 Å². The van der Waals surface area contributed by atoms with Crippen LogP contribution in [0.5, 0.6) is 0 Å². The molecule has 0 aliphatic carbocycles. The molecule has 2 rings (SSSR count). The Bertz CT molecular complexity index is 334. The smallest absolute Gasteiger partial charge is 0.226 e. The van der Waals surface area contributed by atoms with Crippen molar-refractivity contribution in [3.8, 4) is 0 Å². The number of nitrogens with zero attached hydrogens (tertiary/aromatic N) is 4. The third kappa shape index (κ3) is 3.49. The van der Waals surface area contributed by atoms with Gasteiger partial charge < -0.3 is 9.63 Å². The monoisotopic (exact) mass is 240 g/mol. The molecule has 17 heavy (non-hydrogen) atoms. The van der Waals surface area contributed by atoms with Gasteiger partial charge in [0.2, 0.25) is 5.89 Å². The lowest BCUT2D eigenvalue weighted by atomic mass is 10.3. The number of β-amino-alcohol motifs (C(OH)–C–C–N with tert-alkyl or cyclic N) is 1. The SMILES string of the molecule is CCc1nc(CN2CCN(CCO)CC2)no1. The van der Waals surface area contributed by atoms with Crippen molar-refractivity contribution >= 4 is 0 Å². The van der Waals surface area contributed by atoms with Crippen molar-refractivity contribution in [2.24, 2.45) is 0 Å². The summed E-state index contributed by atoms with van der Waals surface area (Å²) in [6.45, 7) is 7.77. The molecular weight excluding hydrogens is 220 g/mol. The average molecular weight is 240 g/mol. The third-order valence-corrected chi connectivity index (χ3v) is 3.06. The first kappa shape index (κ1) is 12.5. The summed E-state index contributed by atoms with van der Waals surface area (Å²) in [7, 11) is 0. The van der Waals surface area contributed by atoms with Crippen molar-refractivity contribution in [1.29, 1.82) is 0 Å². The molecule has 0 spiro atoms. The lowest BCUT2D eigenvalue weighted by Gasteiger charge is -2.33. The maximum Gasteiger partial charge on any atom is 0.226 e. The number of aliphatic hydroxyl groups excluding tert-OH is 1. The van der Waals surface area contributed by atoms with Gasteiger partial charge in [0.25, 0.3) is 0 Å². The molecule has 0 amide bonds. The molecule has 0 radical (unpaired) electrons. The quantitative estimate of drug-likeness (QED) is 0.765. The molecule has 1 aliphatic rings. The highest BCUT2D eigenvalue weighted by atomic mass is 16.5. The fourth-order valence-electron chi connectivity index (χ4n) is 2.01. The van der Waals surface area contributed by atoms with Gasteiger partial charge in [-0.1, -0.05) is 12.1 Å². The van der Waals surface area contributed by atoms with Gasteiger partial charge in [-0.05, 0) is 0 Å². The average Bonchev–Trinajstić information content (AvgIpc) is 2.80. The summed E-state index contributed by atoms with van der Waals surface area (Å²) < 4.78 is 5.08. The first-order valence-corrected chi connectivity index (χ1v) is 6.19. The molecule has 0 atom stereocenters. The van der Waals surface area contributed by atoms with Crippen LogP contribution in [0.4, 0.5) is 0 Å². The van der Waals surface area contributed by atoms with Crippen LogP contribution >= 0.6 is 0 Å². The zero-order chi connectivity index (χ0) is 12.1. The van der Waals surface area contributed by atoms with Gasteiger partial charge >= 0.3 is 0 Å². The van der Waals surface area contributed by atoms with Gasteiger partial charge in [-0.3, -0.25) is 9.80 Å². The molecule has 1 N–H and O–H groups in total. The Hall–Kier alpha value is -0.980. The minimum atomic E-state index is 0.241. The number of hydrogen-bond acceptors (Lipinski definition) is 6. The summed E-state index contributed by atoms with van der Waals surface area (Å²) in [5.74, 6) is 1.48. The number of piperazine rings is 1. The molecule has 1 aromatic heterocycles. The Morgan fingerprint density at radius 3 is 2.53 bits per heavy atom. The molecule has 1 aliphatic heterocycles. The highest BCUT2D eigenvalue weighted by Gasteiger charge is 2.18. The van der Waals surface area contributed by atoms with Crippen LogP contribution in [0.1, 0.15) is 18.6 Å². The van der Waals surface area contributed by atoms with Gasteiger partial charge in [-0.2, -0.15) is 4.98 Å². The van der Waals surface area contributed by atoms with Crippen LogP contribution in [0.3, 0.4) is 0 Å². The predicted octanol–water partition coefficient (Wildman–Crippen LogP) is -0.258. The summed E-state index contributed by atoms with van der Waals surface area (Å²) in [5, 5.41) is 12.8. The van der Waals surface area contributed by atoms with Crippen molar-refractivity contribution in [3.05, 3.63) is 11.7 Å². The maximum atomic E-state index is 8.86. The van der Waals surface area contributed by atoms with Gasteiger partial charge in [-0.15, -0.1) is 0 Å². The van der Waals surface area contributed by atoms with Crippen molar-refractivity contribution < 1.29 is 9.63 Å². The second-order valence-electron chi connectivity index (χ2n) is 4.30. The van der Waals surface area contributed by atoms with Crippen molar-refractivity contribution in [1.82, 2.24) is 19.9 Å². The second-order valence-corrected chi connectivity index (χ2v) is 4.30. The molecule has 0 saturated carbocycles. The van der Waals surface area contributed by atoms with Crippen LogP contribution in [0.2, 0.25) is 0 Å². The lowest BCUT2D eigenvalue weighted by molar-refractivity contribution is 0.106. The Kier molecular flexibility index (Phi) is 4.47. The van der Waals surface area contributed by atoms with Crippen LogP contribution in [-0.4, -0.2) is 64.4 Å². The van der Waals surface area contributed by atoms with Crippen LogP contribution in [0.15, 0.2) is 4.52 Å². The molecule has 0 bridgehead atoms. The van der Waals surface area contributed by atoms with Crippen LogP contribution in [-0.2, 0) is 13.0 Å². The van der Waals surface area contributed by atoms with Gasteiger partial charge in [0, 0.05) is 39.1 Å². The van der Waals surface area contributed by atoms with Crippen molar-refractivity contribution in [3.63, 3.8) is 0 Å². The highest BCUT2D eigenvalue weighted by molar-refractivity contribution is 4.87. The van der Waals surface area contributed by atoms with E-state index in [1.165, 1.54) is 0 Å². The third-order valence-electron chi connectivity index (χ3n) is 3.06. The highest BCUT2D eigenvalue weighted by Crippen LogP contribution is 2.06. The fraction of sp³-hybridized carbons (Fsp3) is 0.818. The van der Waals surface area contributed by atoms with E-state index in [1.807, 2.05) is 6.92 Å². The molecule has 1 aromatic rings. The standard InChI is InChI=1S/C11H20N4O2/c1-2-11-12-10(13-17-11)9-15-5-3-14(4-6-15)7-8-16/h16H,2-9H2,1H3. The summed E-state index contributed by atoms with van der Waals surface area (Å²) in [5.41, 5.74) is 0. The van der Waals surface area contributed by atoms with E-state index >= 15 is 0 Å². The number of hydrogen-bond donors (Lipinski definition) is 1. The van der Waals surface area contributed by atoms with Crippen LogP contribution in [0, 0.1) is 0 Å². The maximum absolute atomic E-state index is 8.86. The zero-order valence-corrected chi connectivity index (χ0v) is 10.3. The number of aryl methyl sites for hydroxylation is 1. The molecule has 1 fully saturated rings. The van der Waals surface area contributed by atoms with E-state index in [9.17, 15) is 0 Å². The summed E-state index contributed by atoms with van der Waals surface area (Å²) in [6.07, 6.45) is 0.789. The Labute approximate surface area is 101 Å². The summed E-state index contributed by atoms with van der Waals surface area (Å²) in [6, 6.07) is 0. The molecule has 0 aromatic carbocycles. The number of aliphatic hydroxyl groups is 1. The Morgan fingerprint density at radius 2 is 1.94 bits per heavy atom. The van der Waals surface area contributed by atoms with Gasteiger partial charge in [-0.25, -0.2) is 0 Å². The zero-order valence-electron chi connectivity index (χ0n) is 10.3. The Morgan fingerprint density at radius 1 is 1.24 bits per heavy atom. The van der Waals surface area contributed by atoms with Crippen LogP contribution in [0.25, 0.3) is 0 Å². The predicted molar refractivity (Wildman–Crippen MR) is 62.5 cm³/mol. The largest absolute Gasteiger partial charge is 0.395 e. The number of aromatic nitrogens is 2. The minimum absolute atomic E-state index is 0.241. The summed E-state index contributed by atoms with van der Waals surface area (Å²) in [4.78, 5) is 8.89. The van der Waals surface area contributed by atoms with Crippen molar-refractivity contribution in [2.45, 2.75) is 19.9 Å². The first-order chi connectivity index (χ1) is 8.31. The first-order valence-electron chi connectivity index (χ1n) is 6.19. The second kappa shape index (κ2) is 6.09. The molecule has 1 saturated heterocycles. The van der Waals surface area contributed by atoms with Gasteiger partial charge in [0.15, 0.2) is 5.82 Å². The van der Waals surface area contributed by atoms with E-state index in [0.29, 0.717) is 5.89 Å². The molecule has 6 nitrogen and oxygen atoms in total. The topological polar surface area (TPSA) is 65.6 Å². The number of rotatable bonds is 5. The van der Waals surface area contributed by atoms with Crippen molar-refractivity contribution in [2.75, 3.05) is 39.3 Å². The van der Waals surface area contributed by atoms with Gasteiger partial charge in [0.05, 0.1) is 13.2 Å². The molecule has 96 valence electrons. The molecule has 6 heteroatoms. The lowest BCUT2D eigenvalue weighted by Crippen LogP contribution is -2.46. The van der Waals surface area contributed by atoms with E-state index in [1.54, 1.807) is 0 Å².